The van der Waals surface area contributed by atoms with Gasteiger partial charge in [0, 0.05) is 12.8 Å². The van der Waals surface area contributed by atoms with Crippen molar-refractivity contribution in [1.82, 2.24) is 10.6 Å². The molecule has 0 aromatic carbocycles. The molecule has 0 bridgehead atoms. The van der Waals surface area contributed by atoms with Crippen LogP contribution >= 0.6 is 0 Å². The zero-order valence-corrected chi connectivity index (χ0v) is 42.7. The zero-order chi connectivity index (χ0) is 57.9. The van der Waals surface area contributed by atoms with Crippen LogP contribution in [0, 0.1) is 5.41 Å². The molecule has 0 aromatic rings. The van der Waals surface area contributed by atoms with E-state index in [-0.39, 0.29) is 0 Å². The molecule has 0 spiro atoms. The molecule has 34 nitrogen and oxygen atoms in total. The molecule has 7 aliphatic heterocycles. The molecule has 2 amide bonds. The van der Waals surface area contributed by atoms with E-state index in [2.05, 4.69) is 10.6 Å². The number of hydrogen-bond donors (Lipinski definition) is 20. The minimum absolute atomic E-state index is 0.772. The molecule has 0 saturated carbocycles. The van der Waals surface area contributed by atoms with Gasteiger partial charge in [0.15, 0.2) is 37.7 Å². The van der Waals surface area contributed by atoms with Crippen molar-refractivity contribution in [2.24, 2.45) is 5.41 Å². The fourth-order valence-corrected chi connectivity index (χ4v) is 10.1. The number of nitrogens with one attached hydrogen (secondary N) is 2. The number of carbonyl (C=O) groups excluding carboxylic acids is 2. The van der Waals surface area contributed by atoms with Gasteiger partial charge < -0.3 is 159 Å². The number of rotatable bonds is 14. The predicted molar refractivity (Wildman–Crippen MR) is 245 cm³/mol. The molecule has 7 fully saturated rings. The Morgan fingerprint density at radius 2 is 0.709 bits per heavy atom. The van der Waals surface area contributed by atoms with Crippen molar-refractivity contribution in [3.05, 3.63) is 0 Å². The average Bonchev–Trinajstić information content (AvgIpc) is 3.52. The van der Waals surface area contributed by atoms with Crippen molar-refractivity contribution in [1.29, 1.82) is 0 Å². The van der Waals surface area contributed by atoms with Crippen molar-refractivity contribution in [2.45, 2.75) is 211 Å². The van der Waals surface area contributed by atoms with Gasteiger partial charge in [0.1, 0.15) is 134 Å². The van der Waals surface area contributed by atoms with Crippen LogP contribution in [0.1, 0.15) is 26.7 Å². The Bertz CT molecular complexity index is 1800. The number of ether oxygens (including phenoxy) is 12. The first-order valence-electron chi connectivity index (χ1n) is 25.7. The van der Waals surface area contributed by atoms with E-state index in [9.17, 15) is 102 Å². The lowest BCUT2D eigenvalue weighted by Gasteiger charge is -2.50. The molecule has 34 heteroatoms. The van der Waals surface area contributed by atoms with Gasteiger partial charge >= 0.3 is 0 Å². The first-order valence-corrected chi connectivity index (χ1v) is 25.7. The summed E-state index contributed by atoms with van der Waals surface area (Å²) in [4.78, 5) is 28.5. The summed E-state index contributed by atoms with van der Waals surface area (Å²) < 4.78 is 71.7. The van der Waals surface area contributed by atoms with E-state index in [1.807, 2.05) is 0 Å². The lowest BCUT2D eigenvalue weighted by Crippen LogP contribution is -2.70. The molecule has 7 aliphatic rings. The molecule has 7 heterocycles. The van der Waals surface area contributed by atoms with Crippen molar-refractivity contribution in [2.75, 3.05) is 52.9 Å². The smallest absolute Gasteiger partial charge is 0.220 e. The maximum Gasteiger partial charge on any atom is 0.220 e. The van der Waals surface area contributed by atoms with Gasteiger partial charge in [0.2, 0.25) is 11.8 Å². The van der Waals surface area contributed by atoms with Crippen LogP contribution in [0.3, 0.4) is 0 Å². The second-order valence-electron chi connectivity index (χ2n) is 20.7. The highest BCUT2D eigenvalue weighted by Crippen LogP contribution is 2.38. The number of aliphatic hydroxyl groups excluding tert-OH is 18. The van der Waals surface area contributed by atoms with Crippen molar-refractivity contribution < 1.29 is 158 Å². The quantitative estimate of drug-likeness (QED) is 0.0768. The molecule has 458 valence electrons. The minimum atomic E-state index is -2.08. The van der Waals surface area contributed by atoms with Crippen LogP contribution in [-0.2, 0) is 66.4 Å². The minimum Gasteiger partial charge on any atom is -0.396 e. The Morgan fingerprint density at radius 1 is 0.405 bits per heavy atom. The maximum atomic E-state index is 14.3. The average molecular weight is 1160 g/mol. The number of fused-ring (bicyclic) bond motifs is 2. The highest BCUT2D eigenvalue weighted by Gasteiger charge is 2.58. The second-order valence-corrected chi connectivity index (χ2v) is 20.7. The fourth-order valence-electron chi connectivity index (χ4n) is 10.1. The second kappa shape index (κ2) is 27.6. The third-order valence-electron chi connectivity index (χ3n) is 15.1. The fraction of sp³-hybridized carbons (Fsp3) is 0.956. The summed E-state index contributed by atoms with van der Waals surface area (Å²) in [7, 11) is 0. The Morgan fingerprint density at radius 3 is 1.03 bits per heavy atom. The largest absolute Gasteiger partial charge is 0.396 e. The molecule has 7 saturated heterocycles. The van der Waals surface area contributed by atoms with Gasteiger partial charge in [-0.15, -0.1) is 0 Å². The first-order chi connectivity index (χ1) is 37.5. The number of hydrogen-bond acceptors (Lipinski definition) is 32. The van der Waals surface area contributed by atoms with Gasteiger partial charge in [-0.2, -0.15) is 0 Å². The van der Waals surface area contributed by atoms with Crippen LogP contribution < -0.4 is 10.6 Å². The Hall–Kier alpha value is -2.26. The Kier molecular flexibility index (Phi) is 22.5. The maximum absolute atomic E-state index is 14.3. The van der Waals surface area contributed by atoms with E-state index in [0.29, 0.717) is 0 Å². The van der Waals surface area contributed by atoms with E-state index in [0.717, 1.165) is 0 Å². The molecule has 0 aromatic heterocycles. The lowest BCUT2D eigenvalue weighted by molar-refractivity contribution is -0.377. The van der Waals surface area contributed by atoms with Crippen LogP contribution in [0.2, 0.25) is 0 Å². The van der Waals surface area contributed by atoms with E-state index >= 15 is 0 Å². The highest BCUT2D eigenvalue weighted by molar-refractivity contribution is 5.84. The zero-order valence-electron chi connectivity index (χ0n) is 42.7. The van der Waals surface area contributed by atoms with Crippen LogP contribution in [0.4, 0.5) is 0 Å². The molecular weight excluding hydrogens is 1080 g/mol. The number of aliphatic hydroxyl groups is 18. The van der Waals surface area contributed by atoms with Crippen molar-refractivity contribution in [3.63, 3.8) is 0 Å². The molecule has 30 atom stereocenters. The number of carbonyl (C=O) groups is 2. The first kappa shape index (κ1) is 64.3. The van der Waals surface area contributed by atoms with Gasteiger partial charge in [-0.05, 0) is 13.8 Å². The van der Waals surface area contributed by atoms with Crippen LogP contribution in [0.5, 0.6) is 0 Å². The standard InChI is InChI=1S/C45H76N2O32/c1-13-23(56)27(60)31(64)41(70-13)78-37-21-39(74-17(7-50)35(37)76-43-33(66)29(62)25(58)15(5-48)72-43)68-11-45(9-52,10-53)12-69-40-22(47-20(55)4-3-19(54)46-21)38(79-42-32(65)28(61)24(57)14(2)71-42)36(18(8-51)75-40)77-44-34(67)30(63)26(59)16(6-49)73-44/h13-18,21-44,48-53,56-67H,3-12H2,1-2H3,(H,46,54)(H,47,55)/t13-,14-,15+,16+,17+,18+,21+,22+,23+,24+,25-,26-,27+,28+,29-,30-,31-,32-,33+,34+,35+,36+,37+,38+,39+,40+,41-,42-,43-,44-/m0/s1. The van der Waals surface area contributed by atoms with E-state index in [1.54, 1.807) is 0 Å². The van der Waals surface area contributed by atoms with E-state index in [1.165, 1.54) is 13.8 Å². The van der Waals surface area contributed by atoms with Gasteiger partial charge in [-0.1, -0.05) is 0 Å². The third kappa shape index (κ3) is 13.8. The molecule has 0 radical (unpaired) electrons. The Labute approximate surface area is 449 Å². The topological polar surface area (TPSA) is 533 Å². The summed E-state index contributed by atoms with van der Waals surface area (Å²) in [5, 5.41) is 198. The predicted octanol–water partition coefficient (Wildman–Crippen LogP) is -13.0. The third-order valence-corrected chi connectivity index (χ3v) is 15.1. The van der Waals surface area contributed by atoms with Crippen molar-refractivity contribution in [3.8, 4) is 0 Å². The summed E-state index contributed by atoms with van der Waals surface area (Å²) in [6.45, 7) is -4.96. The normalized spacial score (nSPS) is 49.5. The summed E-state index contributed by atoms with van der Waals surface area (Å²) in [6, 6.07) is -3.59. The van der Waals surface area contributed by atoms with Crippen LogP contribution in [0.25, 0.3) is 0 Å². The summed E-state index contributed by atoms with van der Waals surface area (Å²) in [5.41, 5.74) is -1.99. The van der Waals surface area contributed by atoms with Crippen LogP contribution in [0.15, 0.2) is 0 Å². The van der Waals surface area contributed by atoms with Gasteiger partial charge in [0.05, 0.1) is 70.5 Å². The van der Waals surface area contributed by atoms with Gasteiger partial charge in [-0.25, -0.2) is 0 Å². The summed E-state index contributed by atoms with van der Waals surface area (Å²) >= 11 is 0. The monoisotopic (exact) mass is 1160 g/mol. The van der Waals surface area contributed by atoms with E-state index < -0.39 is 267 Å². The molecule has 79 heavy (non-hydrogen) atoms. The van der Waals surface area contributed by atoms with Crippen molar-refractivity contribution >= 4 is 11.8 Å². The van der Waals surface area contributed by atoms with Gasteiger partial charge in [-0.3, -0.25) is 9.59 Å². The molecule has 20 N–H and O–H groups in total. The number of amides is 2. The highest BCUT2D eigenvalue weighted by atomic mass is 16.8. The summed E-state index contributed by atoms with van der Waals surface area (Å²) in [6.07, 6.45) is -52.8. The molecule has 7 rings (SSSR count). The lowest BCUT2D eigenvalue weighted by atomic mass is 9.91. The van der Waals surface area contributed by atoms with E-state index in [4.69, 9.17) is 56.8 Å². The molecule has 0 aliphatic carbocycles. The van der Waals surface area contributed by atoms with Crippen LogP contribution in [-0.4, -0.2) is 341 Å². The molecule has 0 unspecified atom stereocenters. The molecular formula is C45H76N2O32. The Balaban J connectivity index is 1.26. The van der Waals surface area contributed by atoms with Gasteiger partial charge in [0.25, 0.3) is 0 Å². The SMILES string of the molecule is C[C@@H]1O[C@@H](O[C@@H]2[C@H]3NC(=O)CCC(=O)N[C@H]4[C@H](OCC(CO)(CO)CO[C@@H]3O[C@H](CO)[C@H]2O[C@@H]2O[C@H](CO)[C@H](O)[C@H](O)[C@H]2O)O[C@H](CO)[C@@H](O[C@@H]2O[C@H](CO)[C@H](O)[C@H](O)[C@H]2O)[C@@H]4O[C@@H]2O[C@@H](C)[C@@H](O)[C@@H](O)[C@@H]2O)[C@@H](O)[C@H](O)[C@@H]1O. The summed E-state index contributed by atoms with van der Waals surface area (Å²) in [5.74, 6) is -2.08.